The van der Waals surface area contributed by atoms with E-state index in [2.05, 4.69) is 24.0 Å². The van der Waals surface area contributed by atoms with Crippen LogP contribution in [0.15, 0.2) is 54.6 Å². The van der Waals surface area contributed by atoms with Gasteiger partial charge in [0.2, 0.25) is 5.91 Å². The molecule has 2 aromatic rings. The van der Waals surface area contributed by atoms with Gasteiger partial charge in [-0.05, 0) is 69.4 Å². The van der Waals surface area contributed by atoms with Gasteiger partial charge in [-0.1, -0.05) is 50.1 Å². The largest absolute Gasteiger partial charge is 0.342 e. The molecule has 3 amide bonds. The number of nitrogens with zero attached hydrogens (tertiary/aromatic N) is 4. The zero-order valence-corrected chi connectivity index (χ0v) is 23.2. The van der Waals surface area contributed by atoms with Crippen molar-refractivity contribution in [3.63, 3.8) is 0 Å². The predicted octanol–water partition coefficient (Wildman–Crippen LogP) is 4.57. The Balaban J connectivity index is 1.48. The fourth-order valence-electron chi connectivity index (χ4n) is 5.82. The molecule has 2 heterocycles. The number of likely N-dealkylation sites (N-methyl/N-ethyl adjacent to an activating group) is 1. The van der Waals surface area contributed by atoms with E-state index in [1.165, 1.54) is 24.8 Å². The summed E-state index contributed by atoms with van der Waals surface area (Å²) in [5.41, 5.74) is 2.19. The molecule has 0 radical (unpaired) electrons. The van der Waals surface area contributed by atoms with Crippen LogP contribution in [-0.2, 0) is 16.0 Å². The van der Waals surface area contributed by atoms with Crippen LogP contribution in [0.3, 0.4) is 0 Å². The average molecular weight is 519 g/mol. The van der Waals surface area contributed by atoms with Gasteiger partial charge in [0.1, 0.15) is 12.1 Å². The molecule has 0 N–H and O–H groups in total. The van der Waals surface area contributed by atoms with Crippen LogP contribution in [0, 0.1) is 0 Å². The van der Waals surface area contributed by atoms with E-state index < -0.39 is 5.54 Å². The summed E-state index contributed by atoms with van der Waals surface area (Å²) in [7, 11) is 0. The van der Waals surface area contributed by atoms with Gasteiger partial charge in [-0.2, -0.15) is 0 Å². The molecule has 2 aromatic carbocycles. The maximum atomic E-state index is 13.9. The number of carbonyl (C=O) groups is 3. The highest BCUT2D eigenvalue weighted by molar-refractivity contribution is 5.97. The number of piperidine rings is 1. The van der Waals surface area contributed by atoms with Gasteiger partial charge in [0.05, 0.1) is 6.67 Å². The van der Waals surface area contributed by atoms with Crippen molar-refractivity contribution in [1.82, 2.24) is 14.7 Å². The third kappa shape index (κ3) is 5.71. The van der Waals surface area contributed by atoms with Crippen molar-refractivity contribution >= 4 is 23.4 Å². The van der Waals surface area contributed by atoms with Gasteiger partial charge < -0.3 is 19.6 Å². The fourth-order valence-corrected chi connectivity index (χ4v) is 5.82. The molecule has 2 fully saturated rings. The van der Waals surface area contributed by atoms with E-state index in [9.17, 15) is 14.4 Å². The number of hydrogen-bond acceptors (Lipinski definition) is 4. The van der Waals surface area contributed by atoms with Crippen LogP contribution in [0.2, 0.25) is 0 Å². The first-order chi connectivity index (χ1) is 18.4. The second-order valence-electron chi connectivity index (χ2n) is 10.5. The van der Waals surface area contributed by atoms with Crippen molar-refractivity contribution < 1.29 is 14.4 Å². The van der Waals surface area contributed by atoms with Gasteiger partial charge in [0.25, 0.3) is 11.8 Å². The minimum absolute atomic E-state index is 0.00890. The molecule has 1 spiro atoms. The number of benzene rings is 2. The normalized spacial score (nSPS) is 16.8. The van der Waals surface area contributed by atoms with Crippen LogP contribution in [0.4, 0.5) is 5.69 Å². The third-order valence-corrected chi connectivity index (χ3v) is 8.17. The van der Waals surface area contributed by atoms with E-state index in [-0.39, 0.29) is 24.3 Å². The van der Waals surface area contributed by atoms with Gasteiger partial charge in [-0.3, -0.25) is 14.4 Å². The quantitative estimate of drug-likeness (QED) is 0.433. The lowest BCUT2D eigenvalue weighted by Crippen LogP contribution is -2.57. The summed E-state index contributed by atoms with van der Waals surface area (Å²) < 4.78 is 0. The van der Waals surface area contributed by atoms with Gasteiger partial charge in [-0.25, -0.2) is 0 Å². The average Bonchev–Trinajstić information content (AvgIpc) is 3.21. The van der Waals surface area contributed by atoms with Crippen LogP contribution >= 0.6 is 0 Å². The van der Waals surface area contributed by atoms with Crippen LogP contribution in [0.1, 0.15) is 68.8 Å². The Labute approximate surface area is 227 Å². The number of rotatable bonds is 10. The Morgan fingerprint density at radius 3 is 2.16 bits per heavy atom. The summed E-state index contributed by atoms with van der Waals surface area (Å²) in [4.78, 5) is 47.6. The lowest BCUT2D eigenvalue weighted by Gasteiger charge is -2.43. The molecule has 38 heavy (non-hydrogen) atoms. The fraction of sp³-hybridized carbons (Fsp3) is 0.516. The third-order valence-electron chi connectivity index (χ3n) is 8.17. The van der Waals surface area contributed by atoms with E-state index in [0.29, 0.717) is 51.3 Å². The van der Waals surface area contributed by atoms with Crippen molar-refractivity contribution in [1.29, 1.82) is 0 Å². The highest BCUT2D eigenvalue weighted by atomic mass is 16.2. The summed E-state index contributed by atoms with van der Waals surface area (Å²) in [6.07, 6.45) is 5.70. The second kappa shape index (κ2) is 12.5. The minimum atomic E-state index is -0.745. The smallest absolute Gasteiger partial charge is 0.253 e. The first-order valence-corrected chi connectivity index (χ1v) is 14.2. The summed E-state index contributed by atoms with van der Waals surface area (Å²) in [5.74, 6) is -0.0187. The Kier molecular flexibility index (Phi) is 9.08. The molecule has 2 saturated heterocycles. The van der Waals surface area contributed by atoms with Crippen LogP contribution < -0.4 is 4.90 Å². The summed E-state index contributed by atoms with van der Waals surface area (Å²) >= 11 is 0. The standard InChI is InChI=1S/C31H42N4O3/c1-4-7-9-12-25-15-17-26(18-16-25)29(37)33-21-19-31(20-22-33)30(38)34(23-28(36)32(5-2)6-3)24-35(31)27-13-10-8-11-14-27/h8,10-11,13-18H,4-7,9,12,19-24H2,1-3H3. The highest BCUT2D eigenvalue weighted by Gasteiger charge is 2.54. The van der Waals surface area contributed by atoms with E-state index in [0.717, 1.165) is 12.1 Å². The highest BCUT2D eigenvalue weighted by Crippen LogP contribution is 2.39. The molecular weight excluding hydrogens is 476 g/mol. The molecule has 0 bridgehead atoms. The van der Waals surface area contributed by atoms with Crippen molar-refractivity contribution in [2.24, 2.45) is 0 Å². The summed E-state index contributed by atoms with van der Waals surface area (Å²) in [6.45, 7) is 8.83. The molecule has 7 heteroatoms. The first-order valence-electron chi connectivity index (χ1n) is 14.2. The lowest BCUT2D eigenvalue weighted by atomic mass is 9.85. The molecular formula is C31H42N4O3. The number of unbranched alkanes of at least 4 members (excludes halogenated alkanes) is 2. The van der Waals surface area contributed by atoms with Gasteiger partial charge in [-0.15, -0.1) is 0 Å². The zero-order chi connectivity index (χ0) is 27.1. The SMILES string of the molecule is CCCCCc1ccc(C(=O)N2CCC3(CC2)C(=O)N(CC(=O)N(CC)CC)CN3c2ccccc2)cc1. The number of para-hydroxylation sites is 1. The minimum Gasteiger partial charge on any atom is -0.342 e. The monoisotopic (exact) mass is 518 g/mol. The second-order valence-corrected chi connectivity index (χ2v) is 10.5. The summed E-state index contributed by atoms with van der Waals surface area (Å²) in [5, 5.41) is 0. The lowest BCUT2D eigenvalue weighted by molar-refractivity contribution is -0.140. The number of amides is 3. The summed E-state index contributed by atoms with van der Waals surface area (Å²) in [6, 6.07) is 18.0. The topological polar surface area (TPSA) is 64.2 Å². The molecule has 0 aliphatic carbocycles. The Morgan fingerprint density at radius 1 is 0.895 bits per heavy atom. The molecule has 2 aliphatic rings. The molecule has 7 nitrogen and oxygen atoms in total. The van der Waals surface area contributed by atoms with E-state index in [1.54, 1.807) is 9.80 Å². The maximum absolute atomic E-state index is 13.9. The molecule has 0 aromatic heterocycles. The molecule has 204 valence electrons. The number of likely N-dealkylation sites (tertiary alicyclic amines) is 1. The van der Waals surface area contributed by atoms with E-state index >= 15 is 0 Å². The van der Waals surface area contributed by atoms with Gasteiger partial charge in [0.15, 0.2) is 0 Å². The molecule has 0 unspecified atom stereocenters. The number of hydrogen-bond donors (Lipinski definition) is 0. The number of anilines is 1. The van der Waals surface area contributed by atoms with Gasteiger partial charge >= 0.3 is 0 Å². The van der Waals surface area contributed by atoms with Crippen LogP contribution in [0.25, 0.3) is 0 Å². The number of carbonyl (C=O) groups excluding carboxylic acids is 3. The maximum Gasteiger partial charge on any atom is 0.253 e. The van der Waals surface area contributed by atoms with Crippen molar-refractivity contribution in [2.45, 2.75) is 64.8 Å². The Bertz CT molecular complexity index is 1090. The van der Waals surface area contributed by atoms with Crippen molar-refractivity contribution in [3.05, 3.63) is 65.7 Å². The predicted molar refractivity (Wildman–Crippen MR) is 151 cm³/mol. The van der Waals surface area contributed by atoms with Gasteiger partial charge in [0, 0.05) is 37.4 Å². The Hall–Kier alpha value is -3.35. The molecule has 4 rings (SSSR count). The van der Waals surface area contributed by atoms with Crippen molar-refractivity contribution in [3.8, 4) is 0 Å². The van der Waals surface area contributed by atoms with Crippen LogP contribution in [0.5, 0.6) is 0 Å². The molecule has 2 aliphatic heterocycles. The van der Waals surface area contributed by atoms with E-state index in [1.807, 2.05) is 61.2 Å². The van der Waals surface area contributed by atoms with Crippen LogP contribution in [-0.4, -0.2) is 77.4 Å². The first kappa shape index (κ1) is 27.7. The molecule has 0 atom stereocenters. The van der Waals surface area contributed by atoms with E-state index in [4.69, 9.17) is 0 Å². The molecule has 0 saturated carbocycles. The van der Waals surface area contributed by atoms with Crippen molar-refractivity contribution in [2.75, 3.05) is 44.3 Å². The number of aryl methyl sites for hydroxylation is 1. The Morgan fingerprint density at radius 2 is 1.55 bits per heavy atom. The zero-order valence-electron chi connectivity index (χ0n) is 23.2.